The first-order valence-corrected chi connectivity index (χ1v) is 4.60. The molecular weight excluding hydrogens is 178 g/mol. The fourth-order valence-corrected chi connectivity index (χ4v) is 1.89. The molecule has 0 spiro atoms. The van der Waals surface area contributed by atoms with Crippen LogP contribution in [0.5, 0.6) is 0 Å². The van der Waals surface area contributed by atoms with Crippen molar-refractivity contribution in [1.82, 2.24) is 10.2 Å². The van der Waals surface area contributed by atoms with Gasteiger partial charge in [0.1, 0.15) is 0 Å². The fraction of sp³-hybridized carbons (Fsp3) is 1.00. The van der Waals surface area contributed by atoms with Crippen LogP contribution in [0.25, 0.3) is 0 Å². The number of ether oxygens (including phenoxy) is 1. The van der Waals surface area contributed by atoms with E-state index in [-0.39, 0.29) is 0 Å². The van der Waals surface area contributed by atoms with Gasteiger partial charge in [0.2, 0.25) is 0 Å². The number of halogens is 2. The molecule has 2 rings (SSSR count). The summed E-state index contributed by atoms with van der Waals surface area (Å²) >= 11 is 0. The van der Waals surface area contributed by atoms with Crippen LogP contribution in [0.15, 0.2) is 0 Å². The Morgan fingerprint density at radius 3 is 3.08 bits per heavy atom. The normalized spacial score (nSPS) is 36.2. The maximum absolute atomic E-state index is 12.4. The van der Waals surface area contributed by atoms with E-state index in [0.29, 0.717) is 32.3 Å². The summed E-state index contributed by atoms with van der Waals surface area (Å²) < 4.78 is 30.0. The molecule has 0 radical (unpaired) electrons. The van der Waals surface area contributed by atoms with Crippen LogP contribution in [0, 0.1) is 0 Å². The Balaban J connectivity index is 1.91. The summed E-state index contributed by atoms with van der Waals surface area (Å²) in [4.78, 5) is 2.09. The summed E-state index contributed by atoms with van der Waals surface area (Å²) in [5, 5.41) is 2.85. The van der Waals surface area contributed by atoms with E-state index in [4.69, 9.17) is 4.74 Å². The SMILES string of the molecule is FC(F)C1CN2CCOCC2CN1. The third-order valence-corrected chi connectivity index (χ3v) is 2.70. The second-order valence-electron chi connectivity index (χ2n) is 3.57. The molecule has 0 aliphatic carbocycles. The van der Waals surface area contributed by atoms with Crippen LogP contribution in [-0.4, -0.2) is 56.3 Å². The molecule has 0 aromatic heterocycles. The summed E-state index contributed by atoms with van der Waals surface area (Å²) in [5.41, 5.74) is 0. The Bertz CT molecular complexity index is 180. The third-order valence-electron chi connectivity index (χ3n) is 2.70. The standard InChI is InChI=1S/C8H14F2N2O/c9-8(10)7-4-12-1-2-13-5-6(12)3-11-7/h6-8,11H,1-5H2. The van der Waals surface area contributed by atoms with Crippen molar-refractivity contribution < 1.29 is 13.5 Å². The molecule has 2 aliphatic rings. The highest BCUT2D eigenvalue weighted by atomic mass is 19.3. The van der Waals surface area contributed by atoms with Crippen molar-refractivity contribution in [2.24, 2.45) is 0 Å². The summed E-state index contributed by atoms with van der Waals surface area (Å²) in [5.74, 6) is 0. The van der Waals surface area contributed by atoms with Crippen LogP contribution in [-0.2, 0) is 4.74 Å². The quantitative estimate of drug-likeness (QED) is 0.629. The Labute approximate surface area is 76.0 Å². The van der Waals surface area contributed by atoms with Gasteiger partial charge >= 0.3 is 0 Å². The molecule has 0 aromatic carbocycles. The number of piperazine rings is 1. The molecule has 1 N–H and O–H groups in total. The van der Waals surface area contributed by atoms with E-state index in [1.807, 2.05) is 0 Å². The van der Waals surface area contributed by atoms with E-state index < -0.39 is 12.5 Å². The largest absolute Gasteiger partial charge is 0.378 e. The minimum atomic E-state index is -2.26. The second-order valence-corrected chi connectivity index (χ2v) is 3.57. The number of rotatable bonds is 1. The average molecular weight is 192 g/mol. The van der Waals surface area contributed by atoms with E-state index in [1.54, 1.807) is 0 Å². The lowest BCUT2D eigenvalue weighted by molar-refractivity contribution is -0.0455. The number of alkyl halides is 2. The van der Waals surface area contributed by atoms with Crippen molar-refractivity contribution in [3.63, 3.8) is 0 Å². The van der Waals surface area contributed by atoms with Gasteiger partial charge in [-0.1, -0.05) is 0 Å². The molecular formula is C8H14F2N2O. The summed E-state index contributed by atoms with van der Waals surface area (Å²) in [6.07, 6.45) is -2.26. The monoisotopic (exact) mass is 192 g/mol. The molecule has 2 atom stereocenters. The zero-order valence-electron chi connectivity index (χ0n) is 7.38. The van der Waals surface area contributed by atoms with Crippen LogP contribution in [0.2, 0.25) is 0 Å². The van der Waals surface area contributed by atoms with E-state index in [2.05, 4.69) is 10.2 Å². The topological polar surface area (TPSA) is 24.5 Å². The van der Waals surface area contributed by atoms with Gasteiger partial charge in [0.05, 0.1) is 19.3 Å². The number of nitrogens with zero attached hydrogens (tertiary/aromatic N) is 1. The highest BCUT2D eigenvalue weighted by Crippen LogP contribution is 2.14. The number of hydrogen-bond acceptors (Lipinski definition) is 3. The smallest absolute Gasteiger partial charge is 0.254 e. The Morgan fingerprint density at radius 2 is 2.31 bits per heavy atom. The van der Waals surface area contributed by atoms with Crippen LogP contribution in [0.4, 0.5) is 8.78 Å². The number of nitrogens with one attached hydrogen (secondary N) is 1. The van der Waals surface area contributed by atoms with Crippen molar-refractivity contribution >= 4 is 0 Å². The Kier molecular flexibility index (Phi) is 2.76. The predicted octanol–water partition coefficient (Wildman–Crippen LogP) is -0.0759. The third kappa shape index (κ3) is 1.98. The number of fused-ring (bicyclic) bond motifs is 1. The first kappa shape index (κ1) is 9.30. The Morgan fingerprint density at radius 1 is 1.46 bits per heavy atom. The fourth-order valence-electron chi connectivity index (χ4n) is 1.89. The molecule has 2 fully saturated rings. The lowest BCUT2D eigenvalue weighted by Crippen LogP contribution is -2.62. The van der Waals surface area contributed by atoms with Crippen LogP contribution in [0.1, 0.15) is 0 Å². The van der Waals surface area contributed by atoms with Crippen LogP contribution in [0.3, 0.4) is 0 Å². The average Bonchev–Trinajstić information content (AvgIpc) is 2.17. The van der Waals surface area contributed by atoms with Crippen molar-refractivity contribution in [3.8, 4) is 0 Å². The molecule has 2 heterocycles. The molecule has 3 nitrogen and oxygen atoms in total. The van der Waals surface area contributed by atoms with Gasteiger partial charge in [-0.05, 0) is 0 Å². The molecule has 2 saturated heterocycles. The van der Waals surface area contributed by atoms with Crippen LogP contribution < -0.4 is 5.32 Å². The zero-order valence-corrected chi connectivity index (χ0v) is 7.38. The predicted molar refractivity (Wildman–Crippen MR) is 44.0 cm³/mol. The van der Waals surface area contributed by atoms with E-state index in [1.165, 1.54) is 0 Å². The van der Waals surface area contributed by atoms with Crippen molar-refractivity contribution in [2.45, 2.75) is 18.5 Å². The first-order chi connectivity index (χ1) is 6.27. The Hall–Kier alpha value is -0.260. The summed E-state index contributed by atoms with van der Waals surface area (Å²) in [7, 11) is 0. The van der Waals surface area contributed by atoms with Gasteiger partial charge in [0.15, 0.2) is 0 Å². The maximum Gasteiger partial charge on any atom is 0.254 e. The maximum atomic E-state index is 12.4. The van der Waals surface area contributed by atoms with Gasteiger partial charge in [-0.15, -0.1) is 0 Å². The lowest BCUT2D eigenvalue weighted by atomic mass is 10.1. The van der Waals surface area contributed by atoms with Crippen molar-refractivity contribution in [3.05, 3.63) is 0 Å². The molecule has 2 aliphatic heterocycles. The van der Waals surface area contributed by atoms with Gasteiger partial charge in [-0.3, -0.25) is 4.90 Å². The van der Waals surface area contributed by atoms with Gasteiger partial charge < -0.3 is 10.1 Å². The van der Waals surface area contributed by atoms with Crippen molar-refractivity contribution in [2.75, 3.05) is 32.8 Å². The van der Waals surface area contributed by atoms with E-state index >= 15 is 0 Å². The van der Waals surface area contributed by atoms with Crippen LogP contribution >= 0.6 is 0 Å². The lowest BCUT2D eigenvalue weighted by Gasteiger charge is -2.42. The zero-order chi connectivity index (χ0) is 9.26. The second kappa shape index (κ2) is 3.86. The van der Waals surface area contributed by atoms with Crippen molar-refractivity contribution in [1.29, 1.82) is 0 Å². The van der Waals surface area contributed by atoms with Gasteiger partial charge in [-0.25, -0.2) is 8.78 Å². The minimum Gasteiger partial charge on any atom is -0.378 e. The highest BCUT2D eigenvalue weighted by molar-refractivity contribution is 4.88. The molecule has 0 saturated carbocycles. The molecule has 76 valence electrons. The first-order valence-electron chi connectivity index (χ1n) is 4.60. The molecule has 0 bridgehead atoms. The minimum absolute atomic E-state index is 0.295. The number of hydrogen-bond donors (Lipinski definition) is 1. The molecule has 0 amide bonds. The molecule has 0 aromatic rings. The molecule has 2 unspecified atom stereocenters. The van der Waals surface area contributed by atoms with Gasteiger partial charge in [0, 0.05) is 25.7 Å². The van der Waals surface area contributed by atoms with Gasteiger partial charge in [0.25, 0.3) is 6.43 Å². The molecule has 5 heteroatoms. The van der Waals surface area contributed by atoms with E-state index in [9.17, 15) is 8.78 Å². The summed E-state index contributed by atoms with van der Waals surface area (Å²) in [6, 6.07) is -0.363. The number of morpholine rings is 1. The van der Waals surface area contributed by atoms with E-state index in [0.717, 1.165) is 6.54 Å². The summed E-state index contributed by atoms with van der Waals surface area (Å²) in [6.45, 7) is 3.20. The highest BCUT2D eigenvalue weighted by Gasteiger charge is 2.33. The van der Waals surface area contributed by atoms with Gasteiger partial charge in [-0.2, -0.15) is 0 Å². The molecule has 13 heavy (non-hydrogen) atoms.